The number of hydrogen-bond acceptors (Lipinski definition) is 4. The normalized spacial score (nSPS) is 19.4. The standard InChI is InChI=1S/C5H10N2O7P2/c8-5(15(9,10)11,16(12,13)14)3-7-2-1-6-4-7/h1-2,4,8H,3H2,(H2,9,10,11)(H2,12,13,14)/i1D,2D,3D2,4D. The highest BCUT2D eigenvalue weighted by molar-refractivity contribution is 7.72. The molecule has 11 heteroatoms. The van der Waals surface area contributed by atoms with E-state index >= 15 is 0 Å². The summed E-state index contributed by atoms with van der Waals surface area (Å²) < 4.78 is 58.8. The highest BCUT2D eigenvalue weighted by Gasteiger charge is 2.59. The first kappa shape index (κ1) is 7.73. The first-order chi connectivity index (χ1) is 9.09. The van der Waals surface area contributed by atoms with Crippen molar-refractivity contribution in [3.05, 3.63) is 18.6 Å². The molecular formula is C5H10N2O7P2. The molecule has 9 nitrogen and oxygen atoms in total. The molecule has 0 aliphatic rings. The van der Waals surface area contributed by atoms with E-state index in [0.717, 1.165) is 0 Å². The van der Waals surface area contributed by atoms with Crippen LogP contribution in [0.15, 0.2) is 18.6 Å². The molecule has 5 N–H and O–H groups in total. The zero-order chi connectivity index (χ0) is 17.0. The Morgan fingerprint density at radius 2 is 1.88 bits per heavy atom. The van der Waals surface area contributed by atoms with Gasteiger partial charge in [-0.25, -0.2) is 4.98 Å². The van der Waals surface area contributed by atoms with Crippen molar-refractivity contribution in [1.29, 1.82) is 0 Å². The third kappa shape index (κ3) is 2.41. The van der Waals surface area contributed by atoms with E-state index in [2.05, 4.69) is 4.98 Å². The third-order valence-electron chi connectivity index (χ3n) is 1.44. The maximum absolute atomic E-state index is 11.3. The minimum atomic E-state index is -6.19. The second kappa shape index (κ2) is 4.05. The minimum absolute atomic E-state index is 0.298. The largest absolute Gasteiger partial charge is 0.371 e. The maximum Gasteiger partial charge on any atom is 0.371 e. The van der Waals surface area contributed by atoms with Crippen LogP contribution < -0.4 is 0 Å². The molecule has 0 fully saturated rings. The highest BCUT2D eigenvalue weighted by Crippen LogP contribution is 2.67. The van der Waals surface area contributed by atoms with Gasteiger partial charge in [-0.15, -0.1) is 0 Å². The fourth-order valence-electron chi connectivity index (χ4n) is 0.678. The lowest BCUT2D eigenvalue weighted by atomic mass is 10.6. The summed E-state index contributed by atoms with van der Waals surface area (Å²) in [4.78, 5) is 38.9. The molecule has 0 radical (unpaired) electrons. The Balaban J connectivity index is 3.81. The predicted octanol–water partition coefficient (Wildman–Crippen LogP) is -1.12. The van der Waals surface area contributed by atoms with Crippen LogP contribution in [-0.2, 0) is 15.6 Å². The molecule has 1 aromatic heterocycles. The Kier molecular flexibility index (Phi) is 1.96. The van der Waals surface area contributed by atoms with Crippen molar-refractivity contribution in [1.82, 2.24) is 9.55 Å². The van der Waals surface area contributed by atoms with Gasteiger partial charge in [0.25, 0.3) is 5.08 Å². The topological polar surface area (TPSA) is 153 Å². The molecule has 1 heterocycles. The summed E-state index contributed by atoms with van der Waals surface area (Å²) in [6, 6.07) is 0. The zero-order valence-electron chi connectivity index (χ0n) is 12.3. The van der Waals surface area contributed by atoms with Gasteiger partial charge in [0.15, 0.2) is 0 Å². The van der Waals surface area contributed by atoms with E-state index in [-0.39, 0.29) is 4.57 Å². The number of aromatic nitrogens is 2. The van der Waals surface area contributed by atoms with Crippen molar-refractivity contribution >= 4 is 15.2 Å². The summed E-state index contributed by atoms with van der Waals surface area (Å²) in [6.07, 6.45) is -3.41. The molecule has 92 valence electrons. The summed E-state index contributed by atoms with van der Waals surface area (Å²) in [6.45, 7) is -3.99. The second-order valence-electron chi connectivity index (χ2n) is 2.61. The van der Waals surface area contributed by atoms with Crippen molar-refractivity contribution in [2.45, 2.75) is 11.6 Å². The van der Waals surface area contributed by atoms with Gasteiger partial charge >= 0.3 is 15.2 Å². The van der Waals surface area contributed by atoms with Crippen LogP contribution in [0.25, 0.3) is 0 Å². The number of imidazole rings is 1. The molecule has 0 aliphatic carbocycles. The van der Waals surface area contributed by atoms with Gasteiger partial charge in [0.2, 0.25) is 0 Å². The smallest absolute Gasteiger partial charge is 0.366 e. The molecule has 0 spiro atoms. The summed E-state index contributed by atoms with van der Waals surface area (Å²) in [5.74, 6) is 0. The van der Waals surface area contributed by atoms with E-state index in [4.69, 9.17) is 26.4 Å². The molecule has 0 unspecified atom stereocenters. The fraction of sp³-hybridized carbons (Fsp3) is 0.400. The van der Waals surface area contributed by atoms with Crippen molar-refractivity contribution in [2.75, 3.05) is 0 Å². The summed E-state index contributed by atoms with van der Waals surface area (Å²) in [5.41, 5.74) is 0. The highest BCUT2D eigenvalue weighted by atomic mass is 31.2. The lowest BCUT2D eigenvalue weighted by Gasteiger charge is -2.29. The van der Waals surface area contributed by atoms with Crippen LogP contribution in [-0.4, -0.2) is 39.3 Å². The van der Waals surface area contributed by atoms with Crippen LogP contribution in [0.5, 0.6) is 0 Å². The van der Waals surface area contributed by atoms with Crippen LogP contribution in [0.1, 0.15) is 6.85 Å². The molecule has 0 aliphatic heterocycles. The van der Waals surface area contributed by atoms with E-state index in [1.54, 1.807) is 0 Å². The predicted molar refractivity (Wildman–Crippen MR) is 51.3 cm³/mol. The summed E-state index contributed by atoms with van der Waals surface area (Å²) in [5, 5.41) is 5.18. The molecular weight excluding hydrogens is 262 g/mol. The molecule has 0 bridgehead atoms. The Bertz CT molecular complexity index is 643. The van der Waals surface area contributed by atoms with Gasteiger partial charge in [-0.05, 0) is 0 Å². The molecule has 16 heavy (non-hydrogen) atoms. The molecule has 0 aromatic carbocycles. The van der Waals surface area contributed by atoms with Crippen molar-refractivity contribution in [3.8, 4) is 0 Å². The van der Waals surface area contributed by atoms with Crippen molar-refractivity contribution in [2.24, 2.45) is 0 Å². The summed E-state index contributed by atoms with van der Waals surface area (Å²) in [7, 11) is -12.4. The SMILES string of the molecule is [2H]c1nc([2H])n(C([2H])([2H])C(O)(P(=O)(O)O)P(=O)(O)O)c1[2H]. The van der Waals surface area contributed by atoms with E-state index in [1.807, 2.05) is 0 Å². The van der Waals surface area contributed by atoms with E-state index in [1.165, 1.54) is 0 Å². The quantitative estimate of drug-likeness (QED) is 0.434. The van der Waals surface area contributed by atoms with Crippen LogP contribution in [0.3, 0.4) is 0 Å². The zero-order valence-corrected chi connectivity index (χ0v) is 9.13. The van der Waals surface area contributed by atoms with E-state index in [0.29, 0.717) is 0 Å². The van der Waals surface area contributed by atoms with Gasteiger partial charge in [-0.1, -0.05) is 0 Å². The van der Waals surface area contributed by atoms with Gasteiger partial charge in [-0.2, -0.15) is 0 Å². The van der Waals surface area contributed by atoms with Gasteiger partial charge in [0.05, 0.1) is 18.3 Å². The molecule has 1 rings (SSSR count). The van der Waals surface area contributed by atoms with Gasteiger partial charge in [0, 0.05) is 12.3 Å². The second-order valence-corrected chi connectivity index (χ2v) is 6.43. The Morgan fingerprint density at radius 1 is 1.38 bits per heavy atom. The van der Waals surface area contributed by atoms with Gasteiger partial charge in [0.1, 0.15) is 1.37 Å². The first-order valence-electron chi connectivity index (χ1n) is 5.95. The average molecular weight is 277 g/mol. The number of nitrogens with zero attached hydrogens (tertiary/aromatic N) is 2. The maximum atomic E-state index is 11.3. The Labute approximate surface area is 96.7 Å². The first-order valence-corrected chi connectivity index (χ1v) is 6.68. The average Bonchev–Trinajstić information content (AvgIpc) is 2.48. The van der Waals surface area contributed by atoms with Crippen LogP contribution in [0, 0.1) is 0 Å². The third-order valence-corrected chi connectivity index (χ3v) is 4.83. The van der Waals surface area contributed by atoms with Crippen LogP contribution in [0.4, 0.5) is 0 Å². The molecule has 0 saturated carbocycles. The fourth-order valence-corrected chi connectivity index (χ4v) is 2.50. The number of rotatable bonds is 4. The van der Waals surface area contributed by atoms with E-state index < -0.39 is 45.4 Å². The Hall–Kier alpha value is -0.530. The number of hydrogen-bond donors (Lipinski definition) is 5. The van der Waals surface area contributed by atoms with Crippen LogP contribution >= 0.6 is 15.2 Å². The lowest BCUT2D eigenvalue weighted by Crippen LogP contribution is -2.33. The molecule has 0 saturated heterocycles. The van der Waals surface area contributed by atoms with E-state index in [9.17, 15) is 14.2 Å². The Morgan fingerprint density at radius 3 is 2.19 bits per heavy atom. The molecule has 1 aromatic rings. The monoisotopic (exact) mass is 277 g/mol. The molecule has 0 amide bonds. The lowest BCUT2D eigenvalue weighted by molar-refractivity contribution is 0.115. The molecule has 0 atom stereocenters. The van der Waals surface area contributed by atoms with Gasteiger partial charge < -0.3 is 29.2 Å². The van der Waals surface area contributed by atoms with Crippen molar-refractivity contribution < 1.29 is 40.7 Å². The van der Waals surface area contributed by atoms with Crippen molar-refractivity contribution in [3.63, 3.8) is 0 Å². The van der Waals surface area contributed by atoms with Crippen LogP contribution in [0.2, 0.25) is 0 Å². The summed E-state index contributed by atoms with van der Waals surface area (Å²) >= 11 is 0. The number of aliphatic hydroxyl groups is 1. The minimum Gasteiger partial charge on any atom is -0.366 e. The van der Waals surface area contributed by atoms with Gasteiger partial charge in [-0.3, -0.25) is 9.13 Å².